The van der Waals surface area contributed by atoms with E-state index in [0.29, 0.717) is 28.0 Å². The Morgan fingerprint density at radius 2 is 2.13 bits per heavy atom. The molecule has 1 aliphatic heterocycles. The Morgan fingerprint density at radius 1 is 1.30 bits per heavy atom. The molecule has 23 heavy (non-hydrogen) atoms. The second-order valence-corrected chi connectivity index (χ2v) is 6.06. The van der Waals surface area contributed by atoms with Gasteiger partial charge in [-0.1, -0.05) is 29.3 Å². The van der Waals surface area contributed by atoms with Crippen molar-refractivity contribution in [3.8, 4) is 0 Å². The third-order valence-corrected chi connectivity index (χ3v) is 4.54. The van der Waals surface area contributed by atoms with Gasteiger partial charge >= 0.3 is 0 Å². The Kier molecular flexibility index (Phi) is 4.59. The van der Waals surface area contributed by atoms with E-state index in [1.54, 1.807) is 36.6 Å². The third-order valence-electron chi connectivity index (χ3n) is 3.73. The standard InChI is InChI=1S/C16H14Cl2N2O3/c17-12-4-1-5-13(15(12)18)20-9-10(7-14(20)21)16(22)19-8-11-3-2-6-23-11/h1-6,10H,7-9H2,(H,19,22). The number of amides is 2. The number of carbonyl (C=O) groups excluding carboxylic acids is 2. The van der Waals surface area contributed by atoms with Crippen molar-refractivity contribution < 1.29 is 14.0 Å². The summed E-state index contributed by atoms with van der Waals surface area (Å²) in [5.74, 6) is -0.0901. The molecule has 120 valence electrons. The average molecular weight is 353 g/mol. The maximum atomic E-state index is 12.2. The van der Waals surface area contributed by atoms with E-state index in [1.165, 1.54) is 4.90 Å². The fraction of sp³-hybridized carbons (Fsp3) is 0.250. The van der Waals surface area contributed by atoms with E-state index in [-0.39, 0.29) is 24.8 Å². The highest BCUT2D eigenvalue weighted by Crippen LogP contribution is 2.35. The Labute approximate surface area is 143 Å². The van der Waals surface area contributed by atoms with Crippen molar-refractivity contribution in [1.82, 2.24) is 5.32 Å². The molecule has 1 aromatic heterocycles. The molecule has 7 heteroatoms. The number of hydrogen-bond acceptors (Lipinski definition) is 3. The van der Waals surface area contributed by atoms with Crippen LogP contribution in [0.1, 0.15) is 12.2 Å². The van der Waals surface area contributed by atoms with Crippen molar-refractivity contribution in [3.05, 3.63) is 52.4 Å². The SMILES string of the molecule is O=C(NCc1ccco1)C1CC(=O)N(c2cccc(Cl)c2Cl)C1. The average Bonchev–Trinajstić information content (AvgIpc) is 3.17. The quantitative estimate of drug-likeness (QED) is 0.918. The second kappa shape index (κ2) is 6.64. The molecule has 1 fully saturated rings. The van der Waals surface area contributed by atoms with Gasteiger partial charge in [0.05, 0.1) is 34.5 Å². The topological polar surface area (TPSA) is 62.6 Å². The predicted molar refractivity (Wildman–Crippen MR) is 87.5 cm³/mol. The highest BCUT2D eigenvalue weighted by Gasteiger charge is 2.36. The highest BCUT2D eigenvalue weighted by molar-refractivity contribution is 6.44. The van der Waals surface area contributed by atoms with Gasteiger partial charge in [-0.25, -0.2) is 0 Å². The number of rotatable bonds is 4. The summed E-state index contributed by atoms with van der Waals surface area (Å²) in [4.78, 5) is 25.9. The summed E-state index contributed by atoms with van der Waals surface area (Å²) in [5.41, 5.74) is 0.533. The van der Waals surface area contributed by atoms with E-state index in [0.717, 1.165) is 0 Å². The summed E-state index contributed by atoms with van der Waals surface area (Å²) in [7, 11) is 0. The van der Waals surface area contributed by atoms with Crippen LogP contribution >= 0.6 is 23.2 Å². The first-order valence-electron chi connectivity index (χ1n) is 7.10. The molecule has 1 aliphatic rings. The van der Waals surface area contributed by atoms with E-state index >= 15 is 0 Å². The van der Waals surface area contributed by atoms with Crippen LogP contribution in [0, 0.1) is 5.92 Å². The van der Waals surface area contributed by atoms with Gasteiger partial charge in [0.15, 0.2) is 0 Å². The zero-order valence-corrected chi connectivity index (χ0v) is 13.6. The summed E-state index contributed by atoms with van der Waals surface area (Å²) in [6.45, 7) is 0.581. The van der Waals surface area contributed by atoms with Crippen molar-refractivity contribution in [2.75, 3.05) is 11.4 Å². The highest BCUT2D eigenvalue weighted by atomic mass is 35.5. The van der Waals surface area contributed by atoms with Crippen LogP contribution in [-0.2, 0) is 16.1 Å². The first-order chi connectivity index (χ1) is 11.1. The van der Waals surface area contributed by atoms with Gasteiger partial charge in [-0.3, -0.25) is 9.59 Å². The maximum absolute atomic E-state index is 12.2. The van der Waals surface area contributed by atoms with Crippen LogP contribution in [0.25, 0.3) is 0 Å². The van der Waals surface area contributed by atoms with Crippen LogP contribution < -0.4 is 10.2 Å². The van der Waals surface area contributed by atoms with Crippen LogP contribution in [0.4, 0.5) is 5.69 Å². The zero-order valence-electron chi connectivity index (χ0n) is 12.1. The van der Waals surface area contributed by atoms with Crippen molar-refractivity contribution in [2.24, 2.45) is 5.92 Å². The molecule has 2 amide bonds. The number of nitrogens with zero attached hydrogens (tertiary/aromatic N) is 1. The summed E-state index contributed by atoms with van der Waals surface area (Å²) in [6.07, 6.45) is 1.69. The Morgan fingerprint density at radius 3 is 2.87 bits per heavy atom. The van der Waals surface area contributed by atoms with Crippen molar-refractivity contribution in [3.63, 3.8) is 0 Å². The molecule has 2 aromatic rings. The number of benzene rings is 1. The number of carbonyl (C=O) groups is 2. The van der Waals surface area contributed by atoms with E-state index in [2.05, 4.69) is 5.32 Å². The lowest BCUT2D eigenvalue weighted by Crippen LogP contribution is -2.32. The van der Waals surface area contributed by atoms with Crippen molar-refractivity contribution >= 4 is 40.7 Å². The number of anilines is 1. The van der Waals surface area contributed by atoms with Crippen LogP contribution in [0.15, 0.2) is 41.0 Å². The molecule has 0 bridgehead atoms. The first kappa shape index (κ1) is 15.9. The number of nitrogens with one attached hydrogen (secondary N) is 1. The van der Waals surface area contributed by atoms with Gasteiger partial charge in [0.1, 0.15) is 5.76 Å². The van der Waals surface area contributed by atoms with Crippen LogP contribution in [0.5, 0.6) is 0 Å². The summed E-state index contributed by atoms with van der Waals surface area (Å²) < 4.78 is 5.16. The van der Waals surface area contributed by atoms with Gasteiger partial charge in [0.25, 0.3) is 0 Å². The smallest absolute Gasteiger partial charge is 0.227 e. The van der Waals surface area contributed by atoms with Crippen LogP contribution in [0.2, 0.25) is 10.0 Å². The minimum atomic E-state index is -0.424. The van der Waals surface area contributed by atoms with Crippen molar-refractivity contribution in [2.45, 2.75) is 13.0 Å². The maximum Gasteiger partial charge on any atom is 0.227 e. The molecular formula is C16H14Cl2N2O3. The molecule has 1 saturated heterocycles. The normalized spacial score (nSPS) is 17.6. The molecule has 1 atom stereocenters. The first-order valence-corrected chi connectivity index (χ1v) is 7.86. The monoisotopic (exact) mass is 352 g/mol. The Balaban J connectivity index is 1.67. The molecule has 0 saturated carbocycles. The molecular weight excluding hydrogens is 339 g/mol. The summed E-state index contributed by atoms with van der Waals surface area (Å²) in [5, 5.41) is 3.47. The van der Waals surface area contributed by atoms with Gasteiger partial charge in [0.2, 0.25) is 11.8 Å². The number of halogens is 2. The molecule has 1 aromatic carbocycles. The number of furan rings is 1. The largest absolute Gasteiger partial charge is 0.467 e. The second-order valence-electron chi connectivity index (χ2n) is 5.28. The van der Waals surface area contributed by atoms with E-state index < -0.39 is 5.92 Å². The lowest BCUT2D eigenvalue weighted by Gasteiger charge is -2.18. The number of hydrogen-bond donors (Lipinski definition) is 1. The molecule has 1 N–H and O–H groups in total. The van der Waals surface area contributed by atoms with E-state index in [4.69, 9.17) is 27.6 Å². The van der Waals surface area contributed by atoms with Crippen LogP contribution in [-0.4, -0.2) is 18.4 Å². The lowest BCUT2D eigenvalue weighted by molar-refractivity contribution is -0.126. The molecule has 0 radical (unpaired) electrons. The van der Waals surface area contributed by atoms with Gasteiger partial charge in [-0.15, -0.1) is 0 Å². The Bertz CT molecular complexity index is 731. The zero-order chi connectivity index (χ0) is 16.4. The van der Waals surface area contributed by atoms with Gasteiger partial charge in [0, 0.05) is 13.0 Å². The molecule has 5 nitrogen and oxygen atoms in total. The minimum absolute atomic E-state index is 0.146. The summed E-state index contributed by atoms with van der Waals surface area (Å²) in [6, 6.07) is 8.62. The minimum Gasteiger partial charge on any atom is -0.467 e. The van der Waals surface area contributed by atoms with Crippen LogP contribution in [0.3, 0.4) is 0 Å². The van der Waals surface area contributed by atoms with Crippen molar-refractivity contribution in [1.29, 1.82) is 0 Å². The van der Waals surface area contributed by atoms with E-state index in [9.17, 15) is 9.59 Å². The molecule has 1 unspecified atom stereocenters. The fourth-order valence-corrected chi connectivity index (χ4v) is 2.95. The Hall–Kier alpha value is -1.98. The molecule has 0 spiro atoms. The molecule has 2 heterocycles. The molecule has 0 aliphatic carbocycles. The lowest BCUT2D eigenvalue weighted by atomic mass is 10.1. The van der Waals surface area contributed by atoms with E-state index in [1.807, 2.05) is 0 Å². The van der Waals surface area contributed by atoms with Gasteiger partial charge in [-0.05, 0) is 24.3 Å². The summed E-state index contributed by atoms with van der Waals surface area (Å²) >= 11 is 12.1. The van der Waals surface area contributed by atoms with Gasteiger partial charge < -0.3 is 14.6 Å². The molecule has 3 rings (SSSR count). The third kappa shape index (κ3) is 3.35. The van der Waals surface area contributed by atoms with Gasteiger partial charge in [-0.2, -0.15) is 0 Å². The fourth-order valence-electron chi connectivity index (χ4n) is 2.55. The predicted octanol–water partition coefficient (Wildman–Crippen LogP) is 3.26.